The topological polar surface area (TPSA) is 77.6 Å². The smallest absolute Gasteiger partial charge is 0.319 e. The van der Waals surface area contributed by atoms with E-state index in [4.69, 9.17) is 0 Å². The minimum Gasteiger partial charge on any atom is -0.341 e. The zero-order valence-electron chi connectivity index (χ0n) is 19.3. The van der Waals surface area contributed by atoms with Gasteiger partial charge in [0.15, 0.2) is 0 Å². The van der Waals surface area contributed by atoms with Gasteiger partial charge in [-0.05, 0) is 31.0 Å². The highest BCUT2D eigenvalue weighted by atomic mass is 16.2. The Morgan fingerprint density at radius 2 is 1.88 bits per heavy atom. The molecule has 2 aromatic carbocycles. The monoisotopic (exact) mass is 445 g/mol. The van der Waals surface area contributed by atoms with Crippen LogP contribution in [0.2, 0.25) is 0 Å². The summed E-state index contributed by atoms with van der Waals surface area (Å²) in [7, 11) is 1.90. The average Bonchev–Trinajstić information content (AvgIpc) is 3.28. The van der Waals surface area contributed by atoms with Crippen molar-refractivity contribution in [3.63, 3.8) is 0 Å². The Labute approximate surface area is 194 Å². The van der Waals surface area contributed by atoms with Crippen LogP contribution in [-0.4, -0.2) is 66.0 Å². The van der Waals surface area contributed by atoms with E-state index in [1.54, 1.807) is 0 Å². The number of hydrogen-bond acceptors (Lipinski definition) is 4. The molecule has 1 aliphatic rings. The van der Waals surface area contributed by atoms with Gasteiger partial charge >= 0.3 is 6.03 Å². The number of likely N-dealkylation sites (N-methyl/N-ethyl adjacent to an activating group) is 1. The van der Waals surface area contributed by atoms with Gasteiger partial charge in [0.1, 0.15) is 0 Å². The Morgan fingerprint density at radius 1 is 1.12 bits per heavy atom. The quantitative estimate of drug-likeness (QED) is 0.584. The van der Waals surface area contributed by atoms with Crippen LogP contribution in [0.5, 0.6) is 0 Å². The standard InChI is InChI=1S/C26H31N5O2/c1-19-16-24(22-10-6-7-11-23(22)28-19)29-26(33)27-13-15-31-14-12-21(18-31)30(2)25(32)17-20-8-4-3-5-9-20/h3-11,16,21H,12-15,17-18H2,1-2H3,(H2,27,28,29,33). The van der Waals surface area contributed by atoms with E-state index in [9.17, 15) is 9.59 Å². The van der Waals surface area contributed by atoms with Crippen LogP contribution in [0.3, 0.4) is 0 Å². The van der Waals surface area contributed by atoms with Crippen LogP contribution in [0.25, 0.3) is 10.9 Å². The molecule has 7 nitrogen and oxygen atoms in total. The Kier molecular flexibility index (Phi) is 7.19. The molecule has 3 amide bonds. The second-order valence-corrected chi connectivity index (χ2v) is 8.62. The maximum atomic E-state index is 12.6. The number of fused-ring (bicyclic) bond motifs is 1. The summed E-state index contributed by atoms with van der Waals surface area (Å²) in [6.07, 6.45) is 1.38. The highest BCUT2D eigenvalue weighted by molar-refractivity contribution is 6.00. The third-order valence-corrected chi connectivity index (χ3v) is 6.19. The predicted octanol–water partition coefficient (Wildman–Crippen LogP) is 3.44. The van der Waals surface area contributed by atoms with Crippen molar-refractivity contribution in [3.8, 4) is 0 Å². The lowest BCUT2D eigenvalue weighted by Gasteiger charge is -2.25. The normalized spacial score (nSPS) is 16.0. The lowest BCUT2D eigenvalue weighted by atomic mass is 10.1. The molecule has 2 heterocycles. The summed E-state index contributed by atoms with van der Waals surface area (Å²) in [6.45, 7) is 4.96. The van der Waals surface area contributed by atoms with Gasteiger partial charge in [0.05, 0.1) is 17.6 Å². The van der Waals surface area contributed by atoms with Crippen LogP contribution < -0.4 is 10.6 Å². The zero-order valence-corrected chi connectivity index (χ0v) is 19.3. The predicted molar refractivity (Wildman–Crippen MR) is 131 cm³/mol. The number of nitrogens with one attached hydrogen (secondary N) is 2. The van der Waals surface area contributed by atoms with Gasteiger partial charge in [-0.2, -0.15) is 0 Å². The number of para-hydroxylation sites is 1. The summed E-state index contributed by atoms with van der Waals surface area (Å²) in [5.41, 5.74) is 3.52. The molecular weight excluding hydrogens is 414 g/mol. The Balaban J connectivity index is 1.22. The molecule has 0 radical (unpaired) electrons. The molecule has 1 unspecified atom stereocenters. The molecule has 3 aromatic rings. The summed E-state index contributed by atoms with van der Waals surface area (Å²) in [5.74, 6) is 0.144. The molecule has 0 aliphatic carbocycles. The van der Waals surface area contributed by atoms with E-state index in [0.29, 0.717) is 13.0 Å². The molecule has 1 saturated heterocycles. The van der Waals surface area contributed by atoms with Crippen LogP contribution in [0.15, 0.2) is 60.7 Å². The van der Waals surface area contributed by atoms with Crippen LogP contribution in [0.1, 0.15) is 17.7 Å². The molecule has 7 heteroatoms. The lowest BCUT2D eigenvalue weighted by Crippen LogP contribution is -2.41. The van der Waals surface area contributed by atoms with Crippen LogP contribution in [-0.2, 0) is 11.2 Å². The first-order valence-electron chi connectivity index (χ1n) is 11.4. The van der Waals surface area contributed by atoms with Crippen LogP contribution >= 0.6 is 0 Å². The van der Waals surface area contributed by atoms with Crippen molar-refractivity contribution in [3.05, 3.63) is 71.9 Å². The molecule has 1 fully saturated rings. The van der Waals surface area contributed by atoms with Gasteiger partial charge in [0.2, 0.25) is 5.91 Å². The first-order valence-corrected chi connectivity index (χ1v) is 11.4. The molecule has 0 spiro atoms. The zero-order chi connectivity index (χ0) is 23.2. The number of pyridine rings is 1. The number of amides is 3. The lowest BCUT2D eigenvalue weighted by molar-refractivity contribution is -0.131. The van der Waals surface area contributed by atoms with Gasteiger partial charge in [-0.1, -0.05) is 48.5 Å². The largest absolute Gasteiger partial charge is 0.341 e. The van der Waals surface area contributed by atoms with Crippen LogP contribution in [0.4, 0.5) is 10.5 Å². The van der Waals surface area contributed by atoms with E-state index in [0.717, 1.165) is 53.9 Å². The van der Waals surface area contributed by atoms with Gasteiger partial charge in [-0.25, -0.2) is 4.79 Å². The summed E-state index contributed by atoms with van der Waals surface area (Å²) < 4.78 is 0. The second kappa shape index (κ2) is 10.4. The Hall–Kier alpha value is -3.45. The number of anilines is 1. The number of aromatic nitrogens is 1. The second-order valence-electron chi connectivity index (χ2n) is 8.62. The summed E-state index contributed by atoms with van der Waals surface area (Å²) in [5, 5.41) is 6.82. The third kappa shape index (κ3) is 5.87. The van der Waals surface area contributed by atoms with Gasteiger partial charge in [-0.15, -0.1) is 0 Å². The van der Waals surface area contributed by atoms with Gasteiger partial charge in [-0.3, -0.25) is 14.7 Å². The fourth-order valence-electron chi connectivity index (χ4n) is 4.34. The molecule has 1 atom stereocenters. The average molecular weight is 446 g/mol. The molecule has 0 bridgehead atoms. The summed E-state index contributed by atoms with van der Waals surface area (Å²) in [6, 6.07) is 19.5. The Morgan fingerprint density at radius 3 is 2.70 bits per heavy atom. The third-order valence-electron chi connectivity index (χ3n) is 6.19. The fourth-order valence-corrected chi connectivity index (χ4v) is 4.34. The number of nitrogens with zero attached hydrogens (tertiary/aromatic N) is 3. The molecule has 172 valence electrons. The number of benzene rings is 2. The number of urea groups is 1. The van der Waals surface area contributed by atoms with E-state index in [1.807, 2.05) is 79.5 Å². The number of carbonyl (C=O) groups excluding carboxylic acids is 2. The van der Waals surface area contributed by atoms with E-state index in [1.165, 1.54) is 0 Å². The van der Waals surface area contributed by atoms with E-state index >= 15 is 0 Å². The minimum absolute atomic E-state index is 0.144. The number of likely N-dealkylation sites (tertiary alicyclic amines) is 1. The molecular formula is C26H31N5O2. The maximum absolute atomic E-state index is 12.6. The van der Waals surface area contributed by atoms with Gasteiger partial charge in [0, 0.05) is 50.3 Å². The highest BCUT2D eigenvalue weighted by Crippen LogP contribution is 2.22. The van der Waals surface area contributed by atoms with Crippen molar-refractivity contribution >= 4 is 28.5 Å². The van der Waals surface area contributed by atoms with Crippen LogP contribution in [0, 0.1) is 6.92 Å². The number of carbonyl (C=O) groups is 2. The number of aryl methyl sites for hydroxylation is 1. The molecule has 2 N–H and O–H groups in total. The molecule has 4 rings (SSSR count). The van der Waals surface area contributed by atoms with Crippen molar-refractivity contribution in [2.45, 2.75) is 25.8 Å². The van der Waals surface area contributed by atoms with Crippen molar-refractivity contribution in [2.24, 2.45) is 0 Å². The first-order chi connectivity index (χ1) is 16.0. The van der Waals surface area contributed by atoms with Crippen molar-refractivity contribution in [1.29, 1.82) is 0 Å². The maximum Gasteiger partial charge on any atom is 0.319 e. The highest BCUT2D eigenvalue weighted by Gasteiger charge is 2.28. The minimum atomic E-state index is -0.225. The molecule has 1 aliphatic heterocycles. The van der Waals surface area contributed by atoms with Crippen molar-refractivity contribution in [1.82, 2.24) is 20.1 Å². The molecule has 1 aromatic heterocycles. The Bertz CT molecular complexity index is 1120. The van der Waals surface area contributed by atoms with Gasteiger partial charge in [0.25, 0.3) is 0 Å². The number of rotatable bonds is 7. The van der Waals surface area contributed by atoms with Gasteiger partial charge < -0.3 is 15.5 Å². The number of hydrogen-bond donors (Lipinski definition) is 2. The van der Waals surface area contributed by atoms with E-state index in [-0.39, 0.29) is 18.0 Å². The van der Waals surface area contributed by atoms with E-state index < -0.39 is 0 Å². The first kappa shape index (κ1) is 22.7. The van der Waals surface area contributed by atoms with E-state index in [2.05, 4.69) is 20.5 Å². The van der Waals surface area contributed by atoms with Crippen molar-refractivity contribution in [2.75, 3.05) is 38.5 Å². The SMILES string of the molecule is Cc1cc(NC(=O)NCCN2CCC(N(C)C(=O)Cc3ccccc3)C2)c2ccccc2n1. The molecule has 0 saturated carbocycles. The van der Waals surface area contributed by atoms with Crippen molar-refractivity contribution < 1.29 is 9.59 Å². The fraction of sp³-hybridized carbons (Fsp3) is 0.346. The molecule has 33 heavy (non-hydrogen) atoms. The summed E-state index contributed by atoms with van der Waals surface area (Å²) >= 11 is 0. The summed E-state index contributed by atoms with van der Waals surface area (Å²) in [4.78, 5) is 33.8.